The molecule has 0 saturated carbocycles. The van der Waals surface area contributed by atoms with Gasteiger partial charge in [0.1, 0.15) is 0 Å². The number of benzene rings is 1. The van der Waals surface area contributed by atoms with Crippen molar-refractivity contribution in [3.8, 4) is 11.3 Å². The second-order valence-corrected chi connectivity index (χ2v) is 11.2. The first-order valence-electron chi connectivity index (χ1n) is 14.6. The summed E-state index contributed by atoms with van der Waals surface area (Å²) in [5.74, 6) is 1.55. The Kier molecular flexibility index (Phi) is 9.87. The highest BCUT2D eigenvalue weighted by atomic mass is 15.0. The lowest BCUT2D eigenvalue weighted by Crippen LogP contribution is -2.49. The first-order valence-corrected chi connectivity index (χ1v) is 14.6. The number of aromatic nitrogens is 2. The molecule has 2 aromatic heterocycles. The van der Waals surface area contributed by atoms with Crippen LogP contribution in [0.15, 0.2) is 116 Å². The average molecular weight is 519 g/mol. The quantitative estimate of drug-likeness (QED) is 0.128. The van der Waals surface area contributed by atoms with E-state index in [1.807, 2.05) is 6.08 Å². The van der Waals surface area contributed by atoms with Crippen LogP contribution in [0.1, 0.15) is 76.1 Å². The third-order valence-electron chi connectivity index (χ3n) is 8.74. The maximum Gasteiger partial charge on any atom is 0.213 e. The van der Waals surface area contributed by atoms with Crippen molar-refractivity contribution < 1.29 is 9.13 Å². The van der Waals surface area contributed by atoms with Crippen molar-refractivity contribution in [1.29, 1.82) is 0 Å². The number of allylic oxidation sites excluding steroid dienone is 6. The van der Waals surface area contributed by atoms with Gasteiger partial charge in [-0.3, -0.25) is 0 Å². The van der Waals surface area contributed by atoms with Crippen LogP contribution in [-0.2, 0) is 0 Å². The van der Waals surface area contributed by atoms with Gasteiger partial charge in [-0.1, -0.05) is 74.6 Å². The molecule has 202 valence electrons. The lowest BCUT2D eigenvalue weighted by Gasteiger charge is -2.31. The van der Waals surface area contributed by atoms with E-state index in [0.717, 1.165) is 31.4 Å². The van der Waals surface area contributed by atoms with Gasteiger partial charge in [0.15, 0.2) is 29.8 Å². The Morgan fingerprint density at radius 3 is 2.51 bits per heavy atom. The van der Waals surface area contributed by atoms with E-state index in [1.54, 1.807) is 0 Å². The van der Waals surface area contributed by atoms with Crippen molar-refractivity contribution in [3.05, 3.63) is 127 Å². The number of aryl methyl sites for hydroxylation is 1. The van der Waals surface area contributed by atoms with Gasteiger partial charge in [0.2, 0.25) is 5.69 Å². The fourth-order valence-corrected chi connectivity index (χ4v) is 6.32. The van der Waals surface area contributed by atoms with Gasteiger partial charge in [-0.25, -0.2) is 0 Å². The number of hydrogen-bond donors (Lipinski definition) is 0. The predicted molar refractivity (Wildman–Crippen MR) is 165 cm³/mol. The molecule has 1 aliphatic rings. The van der Waals surface area contributed by atoms with Crippen molar-refractivity contribution in [3.63, 3.8) is 0 Å². The van der Waals surface area contributed by atoms with Crippen LogP contribution in [0.2, 0.25) is 0 Å². The van der Waals surface area contributed by atoms with Gasteiger partial charge in [0.05, 0.1) is 6.42 Å². The van der Waals surface area contributed by atoms with Gasteiger partial charge in [-0.15, -0.1) is 0 Å². The highest BCUT2D eigenvalue weighted by Gasteiger charge is 2.41. The standard InChI is InChI=1S/C37H46N2/c1-7-9-10-18-28(3)31(6)32(17-8-2)23-24-35-33-20-11-12-21-34(33)36-22-14-16-26-39(36)37(35)27-30(5)38-25-15-13-19-29(38)4/h7-9,11-17,19-22,25-26,28,31,35,37H,2,5,10,18,23-24,27H2,1,3-4,6H3/q+2/b9-7-,32-17-/t28-,31?,35?,37?/m0/s1. The third-order valence-corrected chi connectivity index (χ3v) is 8.74. The lowest BCUT2D eigenvalue weighted by molar-refractivity contribution is -0.720. The topological polar surface area (TPSA) is 7.76 Å². The molecule has 39 heavy (non-hydrogen) atoms. The van der Waals surface area contributed by atoms with Gasteiger partial charge in [-0.2, -0.15) is 9.13 Å². The average Bonchev–Trinajstić information content (AvgIpc) is 2.96. The van der Waals surface area contributed by atoms with E-state index < -0.39 is 0 Å². The highest BCUT2D eigenvalue weighted by molar-refractivity contribution is 5.63. The first-order chi connectivity index (χ1) is 19.0. The molecule has 4 atom stereocenters. The van der Waals surface area contributed by atoms with Gasteiger partial charge >= 0.3 is 0 Å². The molecule has 3 heterocycles. The molecular formula is C37H46N2+2. The molecule has 0 radical (unpaired) electrons. The second kappa shape index (κ2) is 13.5. The second-order valence-electron chi connectivity index (χ2n) is 11.2. The maximum absolute atomic E-state index is 4.57. The summed E-state index contributed by atoms with van der Waals surface area (Å²) in [6, 6.07) is 22.3. The number of fused-ring (bicyclic) bond motifs is 3. The molecule has 0 fully saturated rings. The van der Waals surface area contributed by atoms with Crippen molar-refractivity contribution in [2.24, 2.45) is 11.8 Å². The van der Waals surface area contributed by atoms with Crippen LogP contribution in [0.3, 0.4) is 0 Å². The van der Waals surface area contributed by atoms with Crippen molar-refractivity contribution in [2.75, 3.05) is 0 Å². The van der Waals surface area contributed by atoms with Gasteiger partial charge in [0.25, 0.3) is 0 Å². The minimum atomic E-state index is 0.295. The molecule has 1 aromatic carbocycles. The molecule has 1 aliphatic heterocycles. The van der Waals surface area contributed by atoms with E-state index in [0.29, 0.717) is 23.8 Å². The zero-order valence-electron chi connectivity index (χ0n) is 24.4. The summed E-state index contributed by atoms with van der Waals surface area (Å²) in [5.41, 5.74) is 7.98. The van der Waals surface area contributed by atoms with E-state index in [-0.39, 0.29) is 0 Å². The van der Waals surface area contributed by atoms with Crippen molar-refractivity contribution in [2.45, 2.75) is 71.8 Å². The zero-order valence-corrected chi connectivity index (χ0v) is 24.4. The van der Waals surface area contributed by atoms with Gasteiger partial charge < -0.3 is 0 Å². The molecule has 0 aliphatic carbocycles. The molecule has 2 nitrogen and oxygen atoms in total. The molecule has 0 spiro atoms. The smallest absolute Gasteiger partial charge is 0.194 e. The van der Waals surface area contributed by atoms with Crippen LogP contribution >= 0.6 is 0 Å². The molecule has 3 unspecified atom stereocenters. The predicted octanol–water partition coefficient (Wildman–Crippen LogP) is 8.96. The molecule has 4 rings (SSSR count). The van der Waals surface area contributed by atoms with E-state index in [2.05, 4.69) is 141 Å². The van der Waals surface area contributed by atoms with Gasteiger partial charge in [0, 0.05) is 42.7 Å². The fraction of sp³-hybridized carbons (Fsp3) is 0.351. The Morgan fingerprint density at radius 1 is 1.00 bits per heavy atom. The Morgan fingerprint density at radius 2 is 1.74 bits per heavy atom. The Balaban J connectivity index is 1.66. The van der Waals surface area contributed by atoms with Crippen LogP contribution in [0.4, 0.5) is 0 Å². The molecule has 2 heteroatoms. The zero-order chi connectivity index (χ0) is 27.8. The normalized spacial score (nSPS) is 18.3. The summed E-state index contributed by atoms with van der Waals surface area (Å²) in [4.78, 5) is 0. The van der Waals surface area contributed by atoms with Crippen LogP contribution in [0.5, 0.6) is 0 Å². The summed E-state index contributed by atoms with van der Waals surface area (Å²) in [6.45, 7) is 17.7. The molecule has 0 amide bonds. The van der Waals surface area contributed by atoms with E-state index >= 15 is 0 Å². The van der Waals surface area contributed by atoms with Crippen LogP contribution in [0.25, 0.3) is 17.0 Å². The van der Waals surface area contributed by atoms with E-state index in [4.69, 9.17) is 0 Å². The molecule has 0 saturated heterocycles. The SMILES string of the molecule is C=C/C=C(/CCC1c2ccccc2-c2cccc[n+]2C1CC(=C)[n+]1ccccc1C)C(C)[C@@H](C)CC/C=C\C. The largest absolute Gasteiger partial charge is 0.213 e. The van der Waals surface area contributed by atoms with E-state index in [1.165, 1.54) is 34.5 Å². The summed E-state index contributed by atoms with van der Waals surface area (Å²) >= 11 is 0. The Bertz CT molecular complexity index is 1340. The van der Waals surface area contributed by atoms with Gasteiger partial charge in [-0.05, 0) is 68.7 Å². The summed E-state index contributed by atoms with van der Waals surface area (Å²) < 4.78 is 4.76. The lowest BCUT2D eigenvalue weighted by atomic mass is 9.76. The van der Waals surface area contributed by atoms with Crippen molar-refractivity contribution >= 4 is 5.70 Å². The number of hydrogen-bond acceptors (Lipinski definition) is 0. The van der Waals surface area contributed by atoms with Crippen LogP contribution in [-0.4, -0.2) is 0 Å². The van der Waals surface area contributed by atoms with Crippen LogP contribution < -0.4 is 9.13 Å². The molecular weight excluding hydrogens is 472 g/mol. The molecule has 3 aromatic rings. The fourth-order valence-electron chi connectivity index (χ4n) is 6.32. The Labute approximate surface area is 236 Å². The summed E-state index contributed by atoms with van der Waals surface area (Å²) in [6.07, 6.45) is 18.6. The minimum Gasteiger partial charge on any atom is -0.194 e. The number of rotatable bonds is 12. The first kappa shape index (κ1) is 28.5. The van der Waals surface area contributed by atoms with Crippen molar-refractivity contribution in [1.82, 2.24) is 0 Å². The minimum absolute atomic E-state index is 0.295. The number of nitrogens with zero attached hydrogens (tertiary/aromatic N) is 2. The Hall–Kier alpha value is -3.52. The maximum atomic E-state index is 4.57. The summed E-state index contributed by atoms with van der Waals surface area (Å²) in [5, 5.41) is 0. The molecule has 0 N–H and O–H groups in total. The molecule has 0 bridgehead atoms. The monoisotopic (exact) mass is 518 g/mol. The highest BCUT2D eigenvalue weighted by Crippen LogP contribution is 2.44. The van der Waals surface area contributed by atoms with E-state index in [9.17, 15) is 0 Å². The van der Waals surface area contributed by atoms with Crippen LogP contribution in [0, 0.1) is 18.8 Å². The third kappa shape index (κ3) is 6.56. The number of pyridine rings is 2. The summed E-state index contributed by atoms with van der Waals surface area (Å²) in [7, 11) is 0.